The van der Waals surface area contributed by atoms with E-state index in [-0.39, 0.29) is 5.97 Å². The molecule has 0 saturated carbocycles. The number of hydrogen-bond donors (Lipinski definition) is 0. The molecule has 0 bridgehead atoms. The van der Waals surface area contributed by atoms with Crippen LogP contribution in [0.3, 0.4) is 0 Å². The first-order valence-corrected chi connectivity index (χ1v) is 15.9. The van der Waals surface area contributed by atoms with Gasteiger partial charge in [-0.1, -0.05) is 117 Å². The standard InChI is InChI=1S/C33H58O5/c1-5-9-12-15-18-21-24-36-30-27-29(33(34)35-8-4)28-31(37-25-22-19-16-13-10-6-2)32(30)38-26-23-20-17-14-11-7-3/h27-28H,5-26H2,1-4H3. The van der Waals surface area contributed by atoms with E-state index in [1.165, 1.54) is 77.0 Å². The third kappa shape index (κ3) is 16.1. The molecule has 5 nitrogen and oxygen atoms in total. The molecule has 0 atom stereocenters. The fraction of sp³-hybridized carbons (Fsp3) is 0.788. The molecule has 0 radical (unpaired) electrons. The molecule has 0 unspecified atom stereocenters. The molecule has 1 rings (SSSR count). The lowest BCUT2D eigenvalue weighted by atomic mass is 10.1. The summed E-state index contributed by atoms with van der Waals surface area (Å²) in [6.45, 7) is 10.7. The number of esters is 1. The average Bonchev–Trinajstić information content (AvgIpc) is 2.92. The first-order chi connectivity index (χ1) is 18.7. The third-order valence-corrected chi connectivity index (χ3v) is 6.79. The molecular formula is C33H58O5. The van der Waals surface area contributed by atoms with Gasteiger partial charge in [0.25, 0.3) is 0 Å². The van der Waals surface area contributed by atoms with Crippen molar-refractivity contribution in [1.82, 2.24) is 0 Å². The minimum Gasteiger partial charge on any atom is -0.490 e. The number of benzene rings is 1. The molecule has 0 amide bonds. The zero-order chi connectivity index (χ0) is 27.7. The van der Waals surface area contributed by atoms with Crippen molar-refractivity contribution in [3.8, 4) is 17.2 Å². The molecule has 0 fully saturated rings. The molecule has 5 heteroatoms. The van der Waals surface area contributed by atoms with Crippen LogP contribution in [0.2, 0.25) is 0 Å². The van der Waals surface area contributed by atoms with Crippen molar-refractivity contribution in [2.75, 3.05) is 26.4 Å². The second-order valence-corrected chi connectivity index (χ2v) is 10.4. The summed E-state index contributed by atoms with van der Waals surface area (Å²) >= 11 is 0. The van der Waals surface area contributed by atoms with E-state index in [0.717, 1.165) is 38.5 Å². The number of carbonyl (C=O) groups excluding carboxylic acids is 1. The monoisotopic (exact) mass is 534 g/mol. The van der Waals surface area contributed by atoms with Crippen LogP contribution in [0.4, 0.5) is 0 Å². The van der Waals surface area contributed by atoms with Crippen molar-refractivity contribution in [1.29, 1.82) is 0 Å². The molecule has 1 aromatic carbocycles. The van der Waals surface area contributed by atoms with Crippen molar-refractivity contribution < 1.29 is 23.7 Å². The van der Waals surface area contributed by atoms with Gasteiger partial charge in [0.1, 0.15) is 0 Å². The Kier molecular flexibility index (Phi) is 21.7. The van der Waals surface area contributed by atoms with Gasteiger partial charge in [-0.3, -0.25) is 0 Å². The third-order valence-electron chi connectivity index (χ3n) is 6.79. The maximum atomic E-state index is 12.6. The van der Waals surface area contributed by atoms with Gasteiger partial charge in [-0.15, -0.1) is 0 Å². The van der Waals surface area contributed by atoms with Gasteiger partial charge in [-0.2, -0.15) is 0 Å². The highest BCUT2D eigenvalue weighted by atomic mass is 16.5. The van der Waals surface area contributed by atoms with E-state index in [9.17, 15) is 4.79 Å². The van der Waals surface area contributed by atoms with Crippen LogP contribution in [0.5, 0.6) is 17.2 Å². The van der Waals surface area contributed by atoms with Gasteiger partial charge in [0.2, 0.25) is 5.75 Å². The average molecular weight is 535 g/mol. The highest BCUT2D eigenvalue weighted by Crippen LogP contribution is 2.40. The van der Waals surface area contributed by atoms with Crippen molar-refractivity contribution in [3.63, 3.8) is 0 Å². The molecule has 0 heterocycles. The maximum absolute atomic E-state index is 12.6. The summed E-state index contributed by atoms with van der Waals surface area (Å²) in [5, 5.41) is 0. The predicted molar refractivity (Wildman–Crippen MR) is 159 cm³/mol. The van der Waals surface area contributed by atoms with Gasteiger partial charge in [0.05, 0.1) is 32.0 Å². The minimum absolute atomic E-state index is 0.330. The van der Waals surface area contributed by atoms with E-state index >= 15 is 0 Å². The minimum atomic E-state index is -0.358. The molecule has 0 aromatic heterocycles. The van der Waals surface area contributed by atoms with E-state index in [2.05, 4.69) is 20.8 Å². The quantitative estimate of drug-likeness (QED) is 0.0874. The Bertz CT molecular complexity index is 664. The van der Waals surface area contributed by atoms with Gasteiger partial charge in [-0.25, -0.2) is 4.79 Å². The van der Waals surface area contributed by atoms with Gasteiger partial charge < -0.3 is 18.9 Å². The lowest BCUT2D eigenvalue weighted by Gasteiger charge is -2.19. The summed E-state index contributed by atoms with van der Waals surface area (Å²) in [6.07, 6.45) is 21.6. The fourth-order valence-electron chi connectivity index (χ4n) is 4.45. The molecule has 38 heavy (non-hydrogen) atoms. The van der Waals surface area contributed by atoms with E-state index in [0.29, 0.717) is 49.2 Å². The maximum Gasteiger partial charge on any atom is 0.338 e. The lowest BCUT2D eigenvalue weighted by Crippen LogP contribution is -2.10. The van der Waals surface area contributed by atoms with E-state index in [1.54, 1.807) is 12.1 Å². The molecule has 1 aromatic rings. The lowest BCUT2D eigenvalue weighted by molar-refractivity contribution is 0.0525. The highest BCUT2D eigenvalue weighted by molar-refractivity contribution is 5.91. The van der Waals surface area contributed by atoms with E-state index in [1.807, 2.05) is 6.92 Å². The topological polar surface area (TPSA) is 54.0 Å². The summed E-state index contributed by atoms with van der Waals surface area (Å²) < 4.78 is 24.0. The van der Waals surface area contributed by atoms with Crippen LogP contribution in [0, 0.1) is 0 Å². The van der Waals surface area contributed by atoms with Crippen LogP contribution in [0.25, 0.3) is 0 Å². The Balaban J connectivity index is 2.90. The molecule has 220 valence electrons. The van der Waals surface area contributed by atoms with Gasteiger partial charge in [0, 0.05) is 0 Å². The van der Waals surface area contributed by atoms with Crippen LogP contribution >= 0.6 is 0 Å². The first kappa shape index (κ1) is 34.1. The van der Waals surface area contributed by atoms with Crippen molar-refractivity contribution in [2.24, 2.45) is 0 Å². The summed E-state index contributed by atoms with van der Waals surface area (Å²) in [4.78, 5) is 12.6. The zero-order valence-electron chi connectivity index (χ0n) is 25.3. The van der Waals surface area contributed by atoms with Crippen LogP contribution in [-0.2, 0) is 4.74 Å². The first-order valence-electron chi connectivity index (χ1n) is 15.9. The summed E-state index contributed by atoms with van der Waals surface area (Å²) in [5.41, 5.74) is 0.453. The molecule has 0 saturated heterocycles. The smallest absolute Gasteiger partial charge is 0.338 e. The Morgan fingerprint density at radius 1 is 0.526 bits per heavy atom. The summed E-state index contributed by atoms with van der Waals surface area (Å²) in [5.74, 6) is 1.45. The molecule has 0 aliphatic carbocycles. The molecule has 0 aliphatic rings. The molecular weight excluding hydrogens is 476 g/mol. The van der Waals surface area contributed by atoms with Crippen LogP contribution in [0.1, 0.15) is 154 Å². The Morgan fingerprint density at radius 3 is 1.29 bits per heavy atom. The van der Waals surface area contributed by atoms with Crippen LogP contribution < -0.4 is 14.2 Å². The van der Waals surface area contributed by atoms with Gasteiger partial charge >= 0.3 is 5.97 Å². The molecule has 0 spiro atoms. The van der Waals surface area contributed by atoms with Crippen molar-refractivity contribution >= 4 is 5.97 Å². The highest BCUT2D eigenvalue weighted by Gasteiger charge is 2.20. The van der Waals surface area contributed by atoms with E-state index < -0.39 is 0 Å². The SMILES string of the molecule is CCCCCCCCOc1cc(C(=O)OCC)cc(OCCCCCCCC)c1OCCCCCCCC. The van der Waals surface area contributed by atoms with E-state index in [4.69, 9.17) is 18.9 Å². The van der Waals surface area contributed by atoms with Gasteiger partial charge in [-0.05, 0) is 38.3 Å². The summed E-state index contributed by atoms with van der Waals surface area (Å²) in [6, 6.07) is 3.53. The largest absolute Gasteiger partial charge is 0.490 e. The molecule has 0 aliphatic heterocycles. The Morgan fingerprint density at radius 2 is 0.895 bits per heavy atom. The normalized spacial score (nSPS) is 10.9. The second kappa shape index (κ2) is 24.2. The predicted octanol–water partition coefficient (Wildman–Crippen LogP) is 10.1. The number of carbonyl (C=O) groups is 1. The molecule has 0 N–H and O–H groups in total. The van der Waals surface area contributed by atoms with Gasteiger partial charge in [0.15, 0.2) is 11.5 Å². The number of rotatable bonds is 26. The van der Waals surface area contributed by atoms with Crippen LogP contribution in [-0.4, -0.2) is 32.4 Å². The fourth-order valence-corrected chi connectivity index (χ4v) is 4.45. The zero-order valence-corrected chi connectivity index (χ0v) is 25.3. The number of hydrogen-bond acceptors (Lipinski definition) is 5. The van der Waals surface area contributed by atoms with Crippen molar-refractivity contribution in [3.05, 3.63) is 17.7 Å². The summed E-state index contributed by atoms with van der Waals surface area (Å²) in [7, 11) is 0. The number of ether oxygens (including phenoxy) is 4. The van der Waals surface area contributed by atoms with Crippen molar-refractivity contribution in [2.45, 2.75) is 143 Å². The Labute approximate surface area is 234 Å². The second-order valence-electron chi connectivity index (χ2n) is 10.4. The Hall–Kier alpha value is -1.91. The number of unbranched alkanes of at least 4 members (excludes halogenated alkanes) is 15. The van der Waals surface area contributed by atoms with Crippen LogP contribution in [0.15, 0.2) is 12.1 Å².